The number of nitrogens with zero attached hydrogens (tertiary/aromatic N) is 4. The molecule has 0 radical (unpaired) electrons. The summed E-state index contributed by atoms with van der Waals surface area (Å²) in [6.45, 7) is 11.8. The number of aliphatic imine (C=N–C) groups is 1. The first-order chi connectivity index (χ1) is 14.6. The van der Waals surface area contributed by atoms with E-state index in [2.05, 4.69) is 65.2 Å². The summed E-state index contributed by atoms with van der Waals surface area (Å²) in [5.74, 6) is 1.47. The molecule has 0 aliphatic carbocycles. The molecule has 2 aliphatic rings. The van der Waals surface area contributed by atoms with Crippen molar-refractivity contribution in [2.45, 2.75) is 52.1 Å². The van der Waals surface area contributed by atoms with Crippen LogP contribution in [0.2, 0.25) is 0 Å². The van der Waals surface area contributed by atoms with E-state index in [-0.39, 0.29) is 0 Å². The van der Waals surface area contributed by atoms with E-state index in [1.807, 2.05) is 0 Å². The number of likely N-dealkylation sites (N-methyl/N-ethyl adjacent to an activating group) is 2. The molecule has 168 valence electrons. The molecule has 30 heavy (non-hydrogen) atoms. The van der Waals surface area contributed by atoms with E-state index < -0.39 is 0 Å². The molecule has 1 aromatic rings. The van der Waals surface area contributed by atoms with E-state index in [0.29, 0.717) is 25.1 Å². The minimum atomic E-state index is 0.324. The van der Waals surface area contributed by atoms with Crippen molar-refractivity contribution in [3.05, 3.63) is 29.8 Å². The number of benzene rings is 1. The van der Waals surface area contributed by atoms with Crippen LogP contribution >= 0.6 is 0 Å². The molecule has 0 spiro atoms. The van der Waals surface area contributed by atoms with Gasteiger partial charge >= 0.3 is 0 Å². The highest BCUT2D eigenvalue weighted by atomic mass is 16.3. The highest BCUT2D eigenvalue weighted by molar-refractivity contribution is 5.79. The molecule has 1 unspecified atom stereocenters. The number of rotatable bonds is 8. The van der Waals surface area contributed by atoms with E-state index in [1.54, 1.807) is 0 Å². The van der Waals surface area contributed by atoms with Crippen LogP contribution in [0.25, 0.3) is 0 Å². The van der Waals surface area contributed by atoms with Crippen LogP contribution in [-0.4, -0.2) is 79.8 Å². The van der Waals surface area contributed by atoms with Crippen LogP contribution in [0.3, 0.4) is 0 Å². The number of piperidine rings is 1. The van der Waals surface area contributed by atoms with Crippen molar-refractivity contribution in [2.75, 3.05) is 57.8 Å². The van der Waals surface area contributed by atoms with Gasteiger partial charge in [0.25, 0.3) is 0 Å². The van der Waals surface area contributed by atoms with Gasteiger partial charge in [0.15, 0.2) is 5.96 Å². The van der Waals surface area contributed by atoms with Crippen LogP contribution in [0.4, 0.5) is 5.69 Å². The first-order valence-corrected chi connectivity index (χ1v) is 11.8. The van der Waals surface area contributed by atoms with Gasteiger partial charge in [0.2, 0.25) is 0 Å². The Labute approximate surface area is 183 Å². The normalized spacial score (nSPS) is 21.3. The summed E-state index contributed by atoms with van der Waals surface area (Å²) in [7, 11) is 2.16. The lowest BCUT2D eigenvalue weighted by Crippen LogP contribution is -2.45. The number of hydrogen-bond donors (Lipinski definition) is 2. The quantitative estimate of drug-likeness (QED) is 0.505. The fourth-order valence-corrected chi connectivity index (χ4v) is 4.74. The van der Waals surface area contributed by atoms with E-state index >= 15 is 0 Å². The van der Waals surface area contributed by atoms with Crippen LogP contribution in [0.1, 0.15) is 45.1 Å². The summed E-state index contributed by atoms with van der Waals surface area (Å²) in [5.41, 5.74) is 2.52. The maximum Gasteiger partial charge on any atom is 0.194 e. The third kappa shape index (κ3) is 6.11. The molecule has 0 amide bonds. The lowest BCUT2D eigenvalue weighted by molar-refractivity contribution is 0.203. The van der Waals surface area contributed by atoms with Gasteiger partial charge in [-0.05, 0) is 69.3 Å². The van der Waals surface area contributed by atoms with E-state index in [4.69, 9.17) is 4.99 Å². The van der Waals surface area contributed by atoms with E-state index in [0.717, 1.165) is 51.5 Å². The maximum atomic E-state index is 9.33. The molecular weight excluding hydrogens is 374 g/mol. The Kier molecular flexibility index (Phi) is 8.82. The molecule has 6 heteroatoms. The molecule has 2 heterocycles. The van der Waals surface area contributed by atoms with Gasteiger partial charge in [-0.3, -0.25) is 4.90 Å². The summed E-state index contributed by atoms with van der Waals surface area (Å²) in [6.07, 6.45) is 4.76. The van der Waals surface area contributed by atoms with Crippen molar-refractivity contribution in [3.63, 3.8) is 0 Å². The SMILES string of the molecule is CCNC(=NCc1ccc(N2CCC(CO)CC2)cc1)N(C)CC1CCCN1CC. The standard InChI is InChI=1S/C24H41N5O/c1-4-25-24(27(3)18-23-7-6-14-28(23)5-2)26-17-20-8-10-22(11-9-20)29-15-12-21(19-30)13-16-29/h8-11,21,23,30H,4-7,12-19H2,1-3H3,(H,25,26). The van der Waals surface area contributed by atoms with E-state index in [1.165, 1.54) is 30.6 Å². The monoisotopic (exact) mass is 415 g/mol. The lowest BCUT2D eigenvalue weighted by atomic mass is 9.97. The highest BCUT2D eigenvalue weighted by Crippen LogP contribution is 2.23. The summed E-state index contributed by atoms with van der Waals surface area (Å²) < 4.78 is 0. The predicted octanol–water partition coefficient (Wildman–Crippen LogP) is 2.78. The van der Waals surface area contributed by atoms with Crippen molar-refractivity contribution in [2.24, 2.45) is 10.9 Å². The van der Waals surface area contributed by atoms with Gasteiger partial charge in [-0.1, -0.05) is 19.1 Å². The molecule has 0 bridgehead atoms. The predicted molar refractivity (Wildman–Crippen MR) is 126 cm³/mol. The number of aliphatic hydroxyl groups is 1. The molecule has 1 aromatic carbocycles. The lowest BCUT2D eigenvalue weighted by Gasteiger charge is -2.33. The third-order valence-electron chi connectivity index (χ3n) is 6.67. The molecular formula is C24H41N5O. The minimum Gasteiger partial charge on any atom is -0.396 e. The molecule has 2 fully saturated rings. The smallest absolute Gasteiger partial charge is 0.194 e. The number of likely N-dealkylation sites (tertiary alicyclic amines) is 1. The van der Waals surface area contributed by atoms with Gasteiger partial charge in [-0.2, -0.15) is 0 Å². The number of nitrogens with one attached hydrogen (secondary N) is 1. The van der Waals surface area contributed by atoms with Crippen LogP contribution in [-0.2, 0) is 6.54 Å². The average Bonchev–Trinajstić information content (AvgIpc) is 3.24. The molecule has 0 aromatic heterocycles. The fraction of sp³-hybridized carbons (Fsp3) is 0.708. The molecule has 1 atom stereocenters. The zero-order chi connectivity index (χ0) is 21.3. The van der Waals surface area contributed by atoms with Gasteiger partial charge in [0.05, 0.1) is 6.54 Å². The zero-order valence-corrected chi connectivity index (χ0v) is 19.2. The topological polar surface area (TPSA) is 54.3 Å². The van der Waals surface area contributed by atoms with Crippen molar-refractivity contribution < 1.29 is 5.11 Å². The Morgan fingerprint density at radius 2 is 1.87 bits per heavy atom. The van der Waals surface area contributed by atoms with Crippen LogP contribution in [0, 0.1) is 5.92 Å². The maximum absolute atomic E-state index is 9.33. The second kappa shape index (κ2) is 11.6. The molecule has 3 rings (SSSR count). The molecule has 2 aliphatic heterocycles. The van der Waals surface area contributed by atoms with Crippen molar-refractivity contribution in [3.8, 4) is 0 Å². The first kappa shape index (κ1) is 22.9. The number of hydrogen-bond acceptors (Lipinski definition) is 4. The summed E-state index contributed by atoms with van der Waals surface area (Å²) >= 11 is 0. The van der Waals surface area contributed by atoms with Gasteiger partial charge in [0, 0.05) is 51.6 Å². The molecule has 0 saturated carbocycles. The Morgan fingerprint density at radius 3 is 2.50 bits per heavy atom. The molecule has 2 N–H and O–H groups in total. The Bertz CT molecular complexity index is 654. The largest absolute Gasteiger partial charge is 0.396 e. The number of anilines is 1. The van der Waals surface area contributed by atoms with Gasteiger partial charge in [-0.15, -0.1) is 0 Å². The fourth-order valence-electron chi connectivity index (χ4n) is 4.74. The molecule has 6 nitrogen and oxygen atoms in total. The second-order valence-corrected chi connectivity index (χ2v) is 8.75. The summed E-state index contributed by atoms with van der Waals surface area (Å²) in [6, 6.07) is 9.49. The van der Waals surface area contributed by atoms with Crippen molar-refractivity contribution >= 4 is 11.6 Å². The van der Waals surface area contributed by atoms with Crippen LogP contribution in [0.5, 0.6) is 0 Å². The Morgan fingerprint density at radius 1 is 1.13 bits per heavy atom. The minimum absolute atomic E-state index is 0.324. The van der Waals surface area contributed by atoms with Crippen molar-refractivity contribution in [1.82, 2.24) is 15.1 Å². The number of guanidine groups is 1. The van der Waals surface area contributed by atoms with Gasteiger partial charge in [0.1, 0.15) is 0 Å². The summed E-state index contributed by atoms with van der Waals surface area (Å²) in [4.78, 5) is 12.2. The second-order valence-electron chi connectivity index (χ2n) is 8.75. The van der Waals surface area contributed by atoms with Gasteiger partial charge < -0.3 is 20.2 Å². The van der Waals surface area contributed by atoms with Crippen molar-refractivity contribution in [1.29, 1.82) is 0 Å². The highest BCUT2D eigenvalue weighted by Gasteiger charge is 2.25. The van der Waals surface area contributed by atoms with Crippen LogP contribution in [0.15, 0.2) is 29.3 Å². The first-order valence-electron chi connectivity index (χ1n) is 11.8. The van der Waals surface area contributed by atoms with Crippen LogP contribution < -0.4 is 10.2 Å². The Balaban J connectivity index is 1.56. The average molecular weight is 416 g/mol. The summed E-state index contributed by atoms with van der Waals surface area (Å²) in [5, 5.41) is 12.8. The number of aliphatic hydroxyl groups excluding tert-OH is 1. The Hall–Kier alpha value is -1.79. The molecule has 2 saturated heterocycles. The van der Waals surface area contributed by atoms with Gasteiger partial charge in [-0.25, -0.2) is 4.99 Å². The third-order valence-corrected chi connectivity index (χ3v) is 6.67. The van der Waals surface area contributed by atoms with E-state index in [9.17, 15) is 5.11 Å². The zero-order valence-electron chi connectivity index (χ0n) is 19.2.